The summed E-state index contributed by atoms with van der Waals surface area (Å²) in [5, 5.41) is 0. The molecule has 1 saturated carbocycles. The maximum Gasteiger partial charge on any atom is 0.356 e. The van der Waals surface area contributed by atoms with Gasteiger partial charge in [0.1, 0.15) is 11.9 Å². The van der Waals surface area contributed by atoms with Crippen LogP contribution >= 0.6 is 0 Å². The molecule has 0 aromatic carbocycles. The Hall–Kier alpha value is -1.62. The first-order chi connectivity index (χ1) is 9.20. The molecule has 1 aromatic rings. The molecule has 0 amide bonds. The van der Waals surface area contributed by atoms with E-state index in [2.05, 4.69) is 9.72 Å². The van der Waals surface area contributed by atoms with E-state index in [1.165, 1.54) is 13.5 Å². The average Bonchev–Trinajstić information content (AvgIpc) is 2.64. The second-order valence-corrected chi connectivity index (χ2v) is 4.83. The number of aromatic nitrogens is 1. The minimum Gasteiger partial charge on any atom is -0.489 e. The summed E-state index contributed by atoms with van der Waals surface area (Å²) in [7, 11) is 1.33. The predicted octanol–water partition coefficient (Wildman–Crippen LogP) is 1.91. The monoisotopic (exact) mass is 264 g/mol. The van der Waals surface area contributed by atoms with Gasteiger partial charge in [-0.25, -0.2) is 9.78 Å². The molecule has 0 radical (unpaired) electrons. The zero-order valence-electron chi connectivity index (χ0n) is 11.2. The summed E-state index contributed by atoms with van der Waals surface area (Å²) in [5.74, 6) is 0.161. The molecule has 5 heteroatoms. The minimum absolute atomic E-state index is 0.00963. The molecule has 1 aliphatic rings. The number of nitrogens with two attached hydrogens (primary N) is 1. The Morgan fingerprint density at radius 1 is 1.37 bits per heavy atom. The first kappa shape index (κ1) is 13.8. The van der Waals surface area contributed by atoms with Crippen LogP contribution in [0.25, 0.3) is 0 Å². The zero-order valence-corrected chi connectivity index (χ0v) is 11.2. The lowest BCUT2D eigenvalue weighted by molar-refractivity contribution is 0.0593. The number of rotatable bonds is 3. The molecule has 1 aromatic heterocycles. The summed E-state index contributed by atoms with van der Waals surface area (Å²) in [5.41, 5.74) is 6.37. The van der Waals surface area contributed by atoms with Crippen molar-refractivity contribution in [3.05, 3.63) is 24.0 Å². The van der Waals surface area contributed by atoms with E-state index in [9.17, 15) is 4.79 Å². The molecule has 2 atom stereocenters. The SMILES string of the molecule is COC(=O)c1cc(OC2CCCCCC2N)ccn1. The second-order valence-electron chi connectivity index (χ2n) is 4.83. The van der Waals surface area contributed by atoms with Gasteiger partial charge in [0.05, 0.1) is 7.11 Å². The molecule has 0 bridgehead atoms. The molecule has 2 rings (SSSR count). The summed E-state index contributed by atoms with van der Waals surface area (Å²) in [6.45, 7) is 0. The fraction of sp³-hybridized carbons (Fsp3) is 0.571. The van der Waals surface area contributed by atoms with Crippen LogP contribution in [0.1, 0.15) is 42.6 Å². The predicted molar refractivity (Wildman–Crippen MR) is 71.1 cm³/mol. The Morgan fingerprint density at radius 3 is 2.95 bits per heavy atom. The van der Waals surface area contributed by atoms with Gasteiger partial charge in [-0.3, -0.25) is 0 Å². The molecule has 0 saturated heterocycles. The van der Waals surface area contributed by atoms with E-state index in [0.29, 0.717) is 5.75 Å². The summed E-state index contributed by atoms with van der Waals surface area (Å²) < 4.78 is 10.6. The van der Waals surface area contributed by atoms with Crippen LogP contribution in [0.15, 0.2) is 18.3 Å². The Balaban J connectivity index is 2.07. The number of pyridine rings is 1. The van der Waals surface area contributed by atoms with Crippen LogP contribution in [0.2, 0.25) is 0 Å². The van der Waals surface area contributed by atoms with Crippen molar-refractivity contribution >= 4 is 5.97 Å². The van der Waals surface area contributed by atoms with Crippen molar-refractivity contribution < 1.29 is 14.3 Å². The molecule has 2 unspecified atom stereocenters. The minimum atomic E-state index is -0.462. The third-order valence-electron chi connectivity index (χ3n) is 3.42. The standard InChI is InChI=1S/C14H20N2O3/c1-18-14(17)12-9-10(7-8-16-12)19-13-6-4-2-3-5-11(13)15/h7-9,11,13H,2-6,15H2,1H3. The summed E-state index contributed by atoms with van der Waals surface area (Å²) in [4.78, 5) is 15.4. The number of methoxy groups -OCH3 is 1. The van der Waals surface area contributed by atoms with Crippen LogP contribution in [-0.4, -0.2) is 30.2 Å². The Morgan fingerprint density at radius 2 is 2.16 bits per heavy atom. The summed E-state index contributed by atoms with van der Waals surface area (Å²) in [6.07, 6.45) is 6.99. The van der Waals surface area contributed by atoms with E-state index in [4.69, 9.17) is 10.5 Å². The largest absolute Gasteiger partial charge is 0.489 e. The van der Waals surface area contributed by atoms with Gasteiger partial charge in [-0.15, -0.1) is 0 Å². The van der Waals surface area contributed by atoms with E-state index in [1.807, 2.05) is 0 Å². The number of esters is 1. The highest BCUT2D eigenvalue weighted by molar-refractivity contribution is 5.87. The fourth-order valence-electron chi connectivity index (χ4n) is 2.32. The normalized spacial score (nSPS) is 23.5. The first-order valence-corrected chi connectivity index (χ1v) is 6.67. The molecule has 19 heavy (non-hydrogen) atoms. The third-order valence-corrected chi connectivity index (χ3v) is 3.42. The van der Waals surface area contributed by atoms with Crippen molar-refractivity contribution in [3.63, 3.8) is 0 Å². The van der Waals surface area contributed by atoms with Gasteiger partial charge in [0, 0.05) is 18.3 Å². The van der Waals surface area contributed by atoms with E-state index >= 15 is 0 Å². The molecule has 0 spiro atoms. The maximum absolute atomic E-state index is 11.4. The number of nitrogens with zero attached hydrogens (tertiary/aromatic N) is 1. The highest BCUT2D eigenvalue weighted by atomic mass is 16.5. The average molecular weight is 264 g/mol. The number of hydrogen-bond acceptors (Lipinski definition) is 5. The smallest absolute Gasteiger partial charge is 0.356 e. The Kier molecular flexibility index (Phi) is 4.74. The molecule has 2 N–H and O–H groups in total. The van der Waals surface area contributed by atoms with Crippen molar-refractivity contribution in [2.45, 2.75) is 44.2 Å². The molecular formula is C14H20N2O3. The van der Waals surface area contributed by atoms with Crippen LogP contribution in [0, 0.1) is 0 Å². The van der Waals surface area contributed by atoms with Gasteiger partial charge in [-0.1, -0.05) is 12.8 Å². The van der Waals surface area contributed by atoms with Crippen LogP contribution in [0.3, 0.4) is 0 Å². The van der Waals surface area contributed by atoms with Crippen molar-refractivity contribution in [2.75, 3.05) is 7.11 Å². The molecule has 1 fully saturated rings. The van der Waals surface area contributed by atoms with Gasteiger partial charge in [-0.05, 0) is 25.3 Å². The van der Waals surface area contributed by atoms with Gasteiger partial charge in [0.15, 0.2) is 5.69 Å². The van der Waals surface area contributed by atoms with Gasteiger partial charge in [-0.2, -0.15) is 0 Å². The van der Waals surface area contributed by atoms with Crippen LogP contribution in [0.5, 0.6) is 5.75 Å². The lowest BCUT2D eigenvalue weighted by atomic mass is 10.1. The lowest BCUT2D eigenvalue weighted by Gasteiger charge is -2.22. The van der Waals surface area contributed by atoms with Gasteiger partial charge < -0.3 is 15.2 Å². The number of carbonyl (C=O) groups is 1. The molecule has 104 valence electrons. The van der Waals surface area contributed by atoms with Crippen LogP contribution in [-0.2, 0) is 4.74 Å². The highest BCUT2D eigenvalue weighted by Crippen LogP contribution is 2.22. The van der Waals surface area contributed by atoms with E-state index in [1.54, 1.807) is 18.3 Å². The molecule has 1 heterocycles. The van der Waals surface area contributed by atoms with Crippen molar-refractivity contribution in [1.82, 2.24) is 4.98 Å². The van der Waals surface area contributed by atoms with Crippen molar-refractivity contribution in [1.29, 1.82) is 0 Å². The first-order valence-electron chi connectivity index (χ1n) is 6.67. The second kappa shape index (κ2) is 6.52. The van der Waals surface area contributed by atoms with Crippen LogP contribution in [0.4, 0.5) is 0 Å². The van der Waals surface area contributed by atoms with E-state index in [-0.39, 0.29) is 17.8 Å². The molecule has 1 aliphatic carbocycles. The number of ether oxygens (including phenoxy) is 2. The highest BCUT2D eigenvalue weighted by Gasteiger charge is 2.22. The quantitative estimate of drug-likeness (QED) is 0.666. The molecule has 0 aliphatic heterocycles. The molecular weight excluding hydrogens is 244 g/mol. The van der Waals surface area contributed by atoms with Crippen LogP contribution < -0.4 is 10.5 Å². The Bertz CT molecular complexity index is 436. The van der Waals surface area contributed by atoms with Gasteiger partial charge in [0.25, 0.3) is 0 Å². The topological polar surface area (TPSA) is 74.4 Å². The van der Waals surface area contributed by atoms with E-state index in [0.717, 1.165) is 25.7 Å². The lowest BCUT2D eigenvalue weighted by Crippen LogP contribution is -2.37. The van der Waals surface area contributed by atoms with Crippen molar-refractivity contribution in [3.8, 4) is 5.75 Å². The summed E-state index contributed by atoms with van der Waals surface area (Å²) in [6, 6.07) is 3.39. The maximum atomic E-state index is 11.4. The zero-order chi connectivity index (χ0) is 13.7. The number of carbonyl (C=O) groups excluding carboxylic acids is 1. The third kappa shape index (κ3) is 3.67. The number of hydrogen-bond donors (Lipinski definition) is 1. The van der Waals surface area contributed by atoms with E-state index < -0.39 is 5.97 Å². The van der Waals surface area contributed by atoms with Crippen molar-refractivity contribution in [2.24, 2.45) is 5.73 Å². The fourth-order valence-corrected chi connectivity index (χ4v) is 2.32. The van der Waals surface area contributed by atoms with Gasteiger partial charge in [0.2, 0.25) is 0 Å². The summed E-state index contributed by atoms with van der Waals surface area (Å²) >= 11 is 0. The molecule has 5 nitrogen and oxygen atoms in total. The van der Waals surface area contributed by atoms with Gasteiger partial charge >= 0.3 is 5.97 Å². The Labute approximate surface area is 113 Å².